The molecule has 2 aromatic carbocycles. The van der Waals surface area contributed by atoms with Crippen LogP contribution in [0.1, 0.15) is 5.56 Å². The Bertz CT molecular complexity index is 888. The van der Waals surface area contributed by atoms with Crippen LogP contribution in [0.3, 0.4) is 0 Å². The normalized spacial score (nSPS) is 11.9. The number of ether oxygens (including phenoxy) is 1. The summed E-state index contributed by atoms with van der Waals surface area (Å²) in [5.41, 5.74) is 12.2. The predicted molar refractivity (Wildman–Crippen MR) is 97.1 cm³/mol. The first-order valence-electron chi connectivity index (χ1n) is 7.55. The summed E-state index contributed by atoms with van der Waals surface area (Å²) in [6.07, 6.45) is 2.86. The summed E-state index contributed by atoms with van der Waals surface area (Å²) in [6.45, 7) is 0.434. The minimum atomic E-state index is 0.286. The van der Waals surface area contributed by atoms with E-state index in [0.29, 0.717) is 18.3 Å². The number of nitrogens with zero attached hydrogens (tertiary/aromatic N) is 2. The highest BCUT2D eigenvalue weighted by molar-refractivity contribution is 5.94. The fourth-order valence-corrected chi connectivity index (χ4v) is 2.31. The third kappa shape index (κ3) is 3.70. The quantitative estimate of drug-likeness (QED) is 0.558. The molecule has 5 nitrogen and oxygen atoms in total. The molecule has 0 atom stereocenters. The van der Waals surface area contributed by atoms with Crippen LogP contribution in [-0.2, 0) is 6.61 Å². The highest BCUT2D eigenvalue weighted by Gasteiger charge is 2.07. The third-order valence-corrected chi connectivity index (χ3v) is 3.42. The van der Waals surface area contributed by atoms with Gasteiger partial charge in [0.2, 0.25) is 5.88 Å². The molecule has 0 fully saturated rings. The van der Waals surface area contributed by atoms with Gasteiger partial charge in [0.1, 0.15) is 12.4 Å². The van der Waals surface area contributed by atoms with E-state index in [4.69, 9.17) is 16.2 Å². The molecule has 3 rings (SSSR count). The van der Waals surface area contributed by atoms with Crippen LogP contribution in [0.15, 0.2) is 77.9 Å². The minimum Gasteiger partial charge on any atom is -0.472 e. The van der Waals surface area contributed by atoms with Crippen molar-refractivity contribution in [1.82, 2.24) is 4.98 Å². The number of aromatic nitrogens is 1. The Balaban J connectivity index is 1.96. The summed E-state index contributed by atoms with van der Waals surface area (Å²) in [7, 11) is 0. The zero-order valence-electron chi connectivity index (χ0n) is 13.1. The van der Waals surface area contributed by atoms with E-state index in [1.807, 2.05) is 60.7 Å². The van der Waals surface area contributed by atoms with E-state index in [9.17, 15) is 0 Å². The molecule has 0 unspecified atom stereocenters. The van der Waals surface area contributed by atoms with Gasteiger partial charge in [-0.05, 0) is 35.4 Å². The number of rotatable bonds is 5. The molecule has 4 N–H and O–H groups in total. The van der Waals surface area contributed by atoms with E-state index in [-0.39, 0.29) is 5.84 Å². The molecule has 0 radical (unpaired) electrons. The molecule has 24 heavy (non-hydrogen) atoms. The van der Waals surface area contributed by atoms with Crippen LogP contribution in [0.5, 0.6) is 5.88 Å². The lowest BCUT2D eigenvalue weighted by molar-refractivity contribution is 0.298. The highest BCUT2D eigenvalue weighted by Crippen LogP contribution is 2.28. The molecular formula is C19H18N4O. The number of hydrogen-bond donors (Lipinski definition) is 2. The summed E-state index contributed by atoms with van der Waals surface area (Å²) in [5.74, 6) is 1.29. The Kier molecular flexibility index (Phi) is 4.72. The molecule has 0 amide bonds. The number of aliphatic imine (C=N–C) groups is 1. The van der Waals surface area contributed by atoms with Gasteiger partial charge in [0.25, 0.3) is 0 Å². The van der Waals surface area contributed by atoms with Crippen LogP contribution in [0.25, 0.3) is 10.8 Å². The Hall–Kier alpha value is -3.34. The maximum atomic E-state index is 5.92. The van der Waals surface area contributed by atoms with Crippen molar-refractivity contribution >= 4 is 22.4 Å². The zero-order chi connectivity index (χ0) is 16.8. The van der Waals surface area contributed by atoms with Gasteiger partial charge in [-0.15, -0.1) is 0 Å². The van der Waals surface area contributed by atoms with Crippen molar-refractivity contribution in [2.75, 3.05) is 0 Å². The van der Waals surface area contributed by atoms with Gasteiger partial charge >= 0.3 is 0 Å². The molecule has 120 valence electrons. The number of fused-ring (bicyclic) bond motifs is 1. The van der Waals surface area contributed by atoms with Crippen LogP contribution in [0.2, 0.25) is 0 Å². The number of benzene rings is 2. The molecule has 3 aromatic rings. The predicted octanol–water partition coefficient (Wildman–Crippen LogP) is 3.27. The minimum absolute atomic E-state index is 0.286. The van der Waals surface area contributed by atoms with Crippen LogP contribution < -0.4 is 16.2 Å². The molecule has 0 spiro atoms. The second-order valence-corrected chi connectivity index (χ2v) is 5.18. The average Bonchev–Trinajstić information content (AvgIpc) is 2.60. The maximum absolute atomic E-state index is 5.92. The van der Waals surface area contributed by atoms with E-state index >= 15 is 0 Å². The van der Waals surface area contributed by atoms with Crippen LogP contribution in [-0.4, -0.2) is 10.8 Å². The smallest absolute Gasteiger partial charge is 0.223 e. The second-order valence-electron chi connectivity index (χ2n) is 5.18. The van der Waals surface area contributed by atoms with E-state index in [0.717, 1.165) is 16.3 Å². The lowest BCUT2D eigenvalue weighted by atomic mass is 10.1. The standard InChI is InChI=1S/C19H18N4O/c20-11-10-17(21)22-18-12-15-8-4-5-9-16(15)19(23-18)24-13-14-6-2-1-3-7-14/h1-12H,13,20H2,(H2,21,22,23)/b11-10-. The molecule has 1 heterocycles. The van der Waals surface area contributed by atoms with Crippen LogP contribution in [0, 0.1) is 0 Å². The van der Waals surface area contributed by atoms with Gasteiger partial charge < -0.3 is 16.2 Å². The van der Waals surface area contributed by atoms with E-state index in [2.05, 4.69) is 9.98 Å². The topological polar surface area (TPSA) is 86.5 Å². The molecule has 0 saturated heterocycles. The summed E-state index contributed by atoms with van der Waals surface area (Å²) in [4.78, 5) is 8.72. The van der Waals surface area contributed by atoms with Crippen molar-refractivity contribution in [2.24, 2.45) is 16.5 Å². The van der Waals surface area contributed by atoms with Crippen LogP contribution in [0.4, 0.5) is 5.82 Å². The molecule has 0 aliphatic rings. The maximum Gasteiger partial charge on any atom is 0.223 e. The Morgan fingerprint density at radius 1 is 1.08 bits per heavy atom. The summed E-state index contributed by atoms with van der Waals surface area (Å²) >= 11 is 0. The van der Waals surface area contributed by atoms with Gasteiger partial charge in [-0.2, -0.15) is 4.98 Å². The van der Waals surface area contributed by atoms with Gasteiger partial charge in [0.05, 0.1) is 0 Å². The van der Waals surface area contributed by atoms with Crippen molar-refractivity contribution in [3.63, 3.8) is 0 Å². The highest BCUT2D eigenvalue weighted by atomic mass is 16.5. The summed E-state index contributed by atoms with van der Waals surface area (Å²) < 4.78 is 5.92. The summed E-state index contributed by atoms with van der Waals surface area (Å²) in [6, 6.07) is 19.7. The van der Waals surface area contributed by atoms with Crippen molar-refractivity contribution < 1.29 is 4.74 Å². The van der Waals surface area contributed by atoms with E-state index in [1.54, 1.807) is 0 Å². The Morgan fingerprint density at radius 3 is 2.62 bits per heavy atom. The molecule has 0 bridgehead atoms. The molecule has 0 saturated carbocycles. The lowest BCUT2D eigenvalue weighted by Gasteiger charge is -2.09. The lowest BCUT2D eigenvalue weighted by Crippen LogP contribution is -2.08. The Morgan fingerprint density at radius 2 is 1.83 bits per heavy atom. The number of nitrogens with two attached hydrogens (primary N) is 2. The molecule has 1 aromatic heterocycles. The van der Waals surface area contributed by atoms with Crippen molar-refractivity contribution in [3.05, 3.63) is 78.5 Å². The number of pyridine rings is 1. The summed E-state index contributed by atoms with van der Waals surface area (Å²) in [5, 5.41) is 1.92. The van der Waals surface area contributed by atoms with Crippen LogP contribution >= 0.6 is 0 Å². The number of hydrogen-bond acceptors (Lipinski definition) is 4. The first kappa shape index (κ1) is 15.6. The number of amidine groups is 1. The zero-order valence-corrected chi connectivity index (χ0v) is 13.1. The Labute approximate surface area is 140 Å². The second kappa shape index (κ2) is 7.28. The molecule has 5 heteroatoms. The third-order valence-electron chi connectivity index (χ3n) is 3.42. The van der Waals surface area contributed by atoms with Crippen molar-refractivity contribution in [3.8, 4) is 5.88 Å². The molecular weight excluding hydrogens is 300 g/mol. The van der Waals surface area contributed by atoms with Gasteiger partial charge in [-0.3, -0.25) is 0 Å². The van der Waals surface area contributed by atoms with E-state index in [1.165, 1.54) is 12.3 Å². The monoisotopic (exact) mass is 318 g/mol. The fraction of sp³-hybridized carbons (Fsp3) is 0.0526. The van der Waals surface area contributed by atoms with Gasteiger partial charge in [0.15, 0.2) is 5.82 Å². The molecule has 0 aliphatic heterocycles. The van der Waals surface area contributed by atoms with Gasteiger partial charge in [-0.1, -0.05) is 48.5 Å². The average molecular weight is 318 g/mol. The molecule has 0 aliphatic carbocycles. The SMILES string of the molecule is N/C=C\C(N)=N/c1cc2ccccc2c(OCc2ccccc2)n1. The van der Waals surface area contributed by atoms with Crippen molar-refractivity contribution in [1.29, 1.82) is 0 Å². The van der Waals surface area contributed by atoms with Gasteiger partial charge in [-0.25, -0.2) is 4.99 Å². The van der Waals surface area contributed by atoms with E-state index < -0.39 is 0 Å². The first-order chi connectivity index (χ1) is 11.8. The van der Waals surface area contributed by atoms with Gasteiger partial charge in [0, 0.05) is 5.39 Å². The first-order valence-corrected chi connectivity index (χ1v) is 7.55. The van der Waals surface area contributed by atoms with Crippen molar-refractivity contribution in [2.45, 2.75) is 6.61 Å². The largest absolute Gasteiger partial charge is 0.472 e. The fourth-order valence-electron chi connectivity index (χ4n) is 2.31.